The third-order valence-corrected chi connectivity index (χ3v) is 5.85. The van der Waals surface area contributed by atoms with E-state index in [1.165, 1.54) is 22.5 Å². The first kappa shape index (κ1) is 16.6. The van der Waals surface area contributed by atoms with E-state index in [-0.39, 0.29) is 11.5 Å². The summed E-state index contributed by atoms with van der Waals surface area (Å²) in [5.41, 5.74) is 2.16. The number of carbonyl (C=O) groups excluding carboxylic acids is 1. The second-order valence-corrected chi connectivity index (χ2v) is 7.31. The zero-order chi connectivity index (χ0) is 18.1. The van der Waals surface area contributed by atoms with Crippen LogP contribution in [0.3, 0.4) is 0 Å². The number of H-pyrrole nitrogens is 1. The molecular weight excluding hydrogens is 346 g/mol. The van der Waals surface area contributed by atoms with Crippen molar-refractivity contribution in [3.8, 4) is 0 Å². The summed E-state index contributed by atoms with van der Waals surface area (Å²) in [6.07, 6.45) is 2.72. The lowest BCUT2D eigenvalue weighted by Crippen LogP contribution is -2.34. The molecule has 5 nitrogen and oxygen atoms in total. The molecule has 2 aromatic heterocycles. The van der Waals surface area contributed by atoms with Gasteiger partial charge in [0, 0.05) is 23.6 Å². The molecule has 0 aliphatic carbocycles. The van der Waals surface area contributed by atoms with E-state index in [0.717, 1.165) is 16.6 Å². The average molecular weight is 365 g/mol. The van der Waals surface area contributed by atoms with Gasteiger partial charge in [0.05, 0.1) is 10.1 Å². The summed E-state index contributed by atoms with van der Waals surface area (Å²) in [6, 6.07) is 15.0. The number of benzene rings is 2. The van der Waals surface area contributed by atoms with Crippen LogP contribution in [0.15, 0.2) is 59.5 Å². The minimum Gasteiger partial charge on any atom is -0.361 e. The third kappa shape index (κ3) is 2.93. The third-order valence-electron chi connectivity index (χ3n) is 4.61. The van der Waals surface area contributed by atoms with Crippen molar-refractivity contribution >= 4 is 38.4 Å². The fourth-order valence-corrected chi connectivity index (χ4v) is 4.20. The van der Waals surface area contributed by atoms with Crippen molar-refractivity contribution in [3.05, 3.63) is 70.6 Å². The van der Waals surface area contributed by atoms with Crippen molar-refractivity contribution in [1.82, 2.24) is 14.3 Å². The van der Waals surface area contributed by atoms with Crippen LogP contribution in [0.25, 0.3) is 21.0 Å². The van der Waals surface area contributed by atoms with Crippen LogP contribution in [0, 0.1) is 0 Å². The summed E-state index contributed by atoms with van der Waals surface area (Å²) in [4.78, 5) is 28.2. The standard InChI is InChI=1S/C20H19N3O2S/c1-13(23-20(25)16-7-3-5-9-18(16)26-23)19(24)21-11-10-14-12-22-17-8-4-2-6-15(14)17/h2-9,12-13,22H,10-11H2,1H3,(H,21,24). The number of nitrogens with zero attached hydrogens (tertiary/aromatic N) is 1. The molecule has 0 saturated heterocycles. The van der Waals surface area contributed by atoms with Gasteiger partial charge in [-0.25, -0.2) is 0 Å². The summed E-state index contributed by atoms with van der Waals surface area (Å²) in [6.45, 7) is 2.29. The minimum absolute atomic E-state index is 0.107. The van der Waals surface area contributed by atoms with E-state index in [1.54, 1.807) is 16.9 Å². The van der Waals surface area contributed by atoms with Gasteiger partial charge in [-0.2, -0.15) is 0 Å². The van der Waals surface area contributed by atoms with E-state index in [1.807, 2.05) is 42.6 Å². The maximum absolute atomic E-state index is 12.5. The Bertz CT molecular complexity index is 1140. The van der Waals surface area contributed by atoms with Crippen LogP contribution in [0.1, 0.15) is 18.5 Å². The van der Waals surface area contributed by atoms with Gasteiger partial charge in [0.2, 0.25) is 5.91 Å². The van der Waals surface area contributed by atoms with Gasteiger partial charge in [-0.1, -0.05) is 41.9 Å². The van der Waals surface area contributed by atoms with Crippen molar-refractivity contribution < 1.29 is 4.79 Å². The molecule has 0 saturated carbocycles. The number of nitrogens with one attached hydrogen (secondary N) is 2. The molecular formula is C20H19N3O2S. The molecule has 6 heteroatoms. The average Bonchev–Trinajstić information content (AvgIpc) is 3.23. The molecule has 0 bridgehead atoms. The van der Waals surface area contributed by atoms with Gasteiger partial charge in [-0.05, 0) is 37.1 Å². The van der Waals surface area contributed by atoms with E-state index in [2.05, 4.69) is 16.4 Å². The van der Waals surface area contributed by atoms with Gasteiger partial charge >= 0.3 is 0 Å². The number of amides is 1. The highest BCUT2D eigenvalue weighted by atomic mass is 32.1. The van der Waals surface area contributed by atoms with Gasteiger partial charge in [-0.3, -0.25) is 13.5 Å². The molecule has 4 rings (SSSR count). The Balaban J connectivity index is 1.44. The van der Waals surface area contributed by atoms with Crippen LogP contribution in [-0.4, -0.2) is 21.4 Å². The van der Waals surface area contributed by atoms with Gasteiger partial charge in [-0.15, -0.1) is 0 Å². The summed E-state index contributed by atoms with van der Waals surface area (Å²) in [5, 5.41) is 4.79. The fourth-order valence-electron chi connectivity index (χ4n) is 3.16. The van der Waals surface area contributed by atoms with Crippen LogP contribution in [0.5, 0.6) is 0 Å². The number of rotatable bonds is 5. The monoisotopic (exact) mass is 365 g/mol. The number of carbonyl (C=O) groups is 1. The minimum atomic E-state index is -0.525. The largest absolute Gasteiger partial charge is 0.361 e. The van der Waals surface area contributed by atoms with E-state index in [9.17, 15) is 9.59 Å². The Morgan fingerprint density at radius 2 is 1.88 bits per heavy atom. The first-order valence-electron chi connectivity index (χ1n) is 8.58. The van der Waals surface area contributed by atoms with Crippen molar-refractivity contribution in [2.75, 3.05) is 6.54 Å². The highest BCUT2D eigenvalue weighted by molar-refractivity contribution is 7.14. The number of fused-ring (bicyclic) bond motifs is 2. The molecule has 0 spiro atoms. The summed E-state index contributed by atoms with van der Waals surface area (Å²) in [5.74, 6) is -0.140. The zero-order valence-electron chi connectivity index (χ0n) is 14.4. The predicted octanol–water partition coefficient (Wildman–Crippen LogP) is 3.46. The van der Waals surface area contributed by atoms with E-state index < -0.39 is 6.04 Å². The lowest BCUT2D eigenvalue weighted by atomic mass is 10.1. The quantitative estimate of drug-likeness (QED) is 0.569. The Hall–Kier alpha value is -2.86. The molecule has 1 unspecified atom stereocenters. The molecule has 26 heavy (non-hydrogen) atoms. The molecule has 4 aromatic rings. The molecule has 0 aliphatic heterocycles. The van der Waals surface area contributed by atoms with Crippen LogP contribution < -0.4 is 10.9 Å². The highest BCUT2D eigenvalue weighted by Crippen LogP contribution is 2.20. The number of aromatic nitrogens is 2. The smallest absolute Gasteiger partial charge is 0.269 e. The summed E-state index contributed by atoms with van der Waals surface area (Å²) in [7, 11) is 0. The van der Waals surface area contributed by atoms with E-state index in [4.69, 9.17) is 0 Å². The summed E-state index contributed by atoms with van der Waals surface area (Å²) >= 11 is 1.33. The van der Waals surface area contributed by atoms with Gasteiger partial charge in [0.25, 0.3) is 5.56 Å². The van der Waals surface area contributed by atoms with E-state index >= 15 is 0 Å². The fraction of sp³-hybridized carbons (Fsp3) is 0.200. The second kappa shape index (κ2) is 6.80. The topological polar surface area (TPSA) is 66.9 Å². The number of hydrogen-bond donors (Lipinski definition) is 2. The SMILES string of the molecule is CC(C(=O)NCCc1c[nH]c2ccccc12)n1sc2ccccc2c1=O. The summed E-state index contributed by atoms with van der Waals surface area (Å²) < 4.78 is 2.45. The highest BCUT2D eigenvalue weighted by Gasteiger charge is 2.19. The van der Waals surface area contributed by atoms with Crippen molar-refractivity contribution in [3.63, 3.8) is 0 Å². The van der Waals surface area contributed by atoms with Crippen LogP contribution in [-0.2, 0) is 11.2 Å². The number of aromatic amines is 1. The molecule has 1 atom stereocenters. The first-order chi connectivity index (χ1) is 12.6. The van der Waals surface area contributed by atoms with E-state index in [0.29, 0.717) is 11.9 Å². The Labute approximate surface area is 154 Å². The molecule has 2 heterocycles. The molecule has 0 fully saturated rings. The van der Waals surface area contributed by atoms with Gasteiger partial charge < -0.3 is 10.3 Å². The van der Waals surface area contributed by atoms with Crippen molar-refractivity contribution in [2.24, 2.45) is 0 Å². The van der Waals surface area contributed by atoms with Gasteiger partial charge in [0.15, 0.2) is 0 Å². The normalized spacial score (nSPS) is 12.5. The Morgan fingerprint density at radius 3 is 2.69 bits per heavy atom. The van der Waals surface area contributed by atoms with Crippen LogP contribution in [0.2, 0.25) is 0 Å². The maximum atomic E-state index is 12.5. The Kier molecular flexibility index (Phi) is 4.34. The maximum Gasteiger partial charge on any atom is 0.269 e. The molecule has 0 aliphatic rings. The molecule has 2 N–H and O–H groups in total. The second-order valence-electron chi connectivity index (χ2n) is 6.29. The Morgan fingerprint density at radius 1 is 1.15 bits per heavy atom. The first-order valence-corrected chi connectivity index (χ1v) is 9.36. The zero-order valence-corrected chi connectivity index (χ0v) is 15.2. The van der Waals surface area contributed by atoms with Gasteiger partial charge in [0.1, 0.15) is 6.04 Å². The molecule has 1 amide bonds. The molecule has 132 valence electrons. The predicted molar refractivity (Wildman–Crippen MR) is 106 cm³/mol. The lowest BCUT2D eigenvalue weighted by Gasteiger charge is -2.12. The number of hydrogen-bond acceptors (Lipinski definition) is 3. The number of para-hydroxylation sites is 1. The molecule has 0 radical (unpaired) electrons. The van der Waals surface area contributed by atoms with Crippen LogP contribution >= 0.6 is 11.5 Å². The lowest BCUT2D eigenvalue weighted by molar-refractivity contribution is -0.123. The molecule has 2 aromatic carbocycles. The van der Waals surface area contributed by atoms with Crippen molar-refractivity contribution in [2.45, 2.75) is 19.4 Å². The van der Waals surface area contributed by atoms with Crippen LogP contribution in [0.4, 0.5) is 0 Å². The van der Waals surface area contributed by atoms with Crippen molar-refractivity contribution in [1.29, 1.82) is 0 Å².